The molecule has 0 unspecified atom stereocenters. The molecular weight excluding hydrogens is 424 g/mol. The third kappa shape index (κ3) is 3.54. The number of piperidine rings is 1. The summed E-state index contributed by atoms with van der Waals surface area (Å²) in [7, 11) is -4.09. The van der Waals surface area contributed by atoms with Gasteiger partial charge >= 0.3 is 0 Å². The van der Waals surface area contributed by atoms with Gasteiger partial charge in [0.25, 0.3) is 5.56 Å². The highest BCUT2D eigenvalue weighted by atomic mass is 35.5. The van der Waals surface area contributed by atoms with E-state index in [1.54, 1.807) is 18.2 Å². The summed E-state index contributed by atoms with van der Waals surface area (Å²) in [6.45, 7) is 0.202. The van der Waals surface area contributed by atoms with E-state index < -0.39 is 26.6 Å². The van der Waals surface area contributed by atoms with Crippen molar-refractivity contribution in [2.75, 3.05) is 13.1 Å². The third-order valence-electron chi connectivity index (χ3n) is 5.09. The highest BCUT2D eigenvalue weighted by Gasteiger charge is 2.32. The Morgan fingerprint density at radius 1 is 1.10 bits per heavy atom. The molecule has 0 radical (unpaired) electrons. The number of aromatic nitrogens is 2. The number of fused-ring (bicyclic) bond motifs is 1. The van der Waals surface area contributed by atoms with E-state index in [1.165, 1.54) is 10.9 Å². The van der Waals surface area contributed by atoms with Gasteiger partial charge in [0.2, 0.25) is 10.0 Å². The molecule has 1 aliphatic heterocycles. The van der Waals surface area contributed by atoms with Crippen molar-refractivity contribution in [2.24, 2.45) is 0 Å². The van der Waals surface area contributed by atoms with E-state index in [4.69, 9.17) is 11.6 Å². The van der Waals surface area contributed by atoms with Crippen LogP contribution in [0.1, 0.15) is 18.9 Å². The van der Waals surface area contributed by atoms with E-state index in [0.29, 0.717) is 34.8 Å². The number of para-hydroxylation sites is 1. The molecule has 1 aromatic heterocycles. The van der Waals surface area contributed by atoms with Crippen molar-refractivity contribution in [2.45, 2.75) is 23.8 Å². The second-order valence-corrected chi connectivity index (χ2v) is 9.12. The zero-order valence-electron chi connectivity index (χ0n) is 15.1. The van der Waals surface area contributed by atoms with Crippen molar-refractivity contribution in [3.8, 4) is 0 Å². The van der Waals surface area contributed by atoms with E-state index >= 15 is 0 Å². The Morgan fingerprint density at radius 2 is 1.83 bits per heavy atom. The first-order valence-corrected chi connectivity index (χ1v) is 10.7. The van der Waals surface area contributed by atoms with Gasteiger partial charge in [-0.2, -0.15) is 4.31 Å². The van der Waals surface area contributed by atoms with Crippen molar-refractivity contribution in [1.29, 1.82) is 0 Å². The van der Waals surface area contributed by atoms with Crippen LogP contribution in [0.25, 0.3) is 10.9 Å². The molecule has 152 valence electrons. The van der Waals surface area contributed by atoms with Gasteiger partial charge in [-0.15, -0.1) is 0 Å². The van der Waals surface area contributed by atoms with Gasteiger partial charge in [-0.3, -0.25) is 9.36 Å². The number of sulfonamides is 1. The van der Waals surface area contributed by atoms with Crippen molar-refractivity contribution < 1.29 is 17.2 Å². The fourth-order valence-corrected chi connectivity index (χ4v) is 5.31. The summed E-state index contributed by atoms with van der Waals surface area (Å²) in [6, 6.07) is 7.10. The first-order chi connectivity index (χ1) is 13.8. The average Bonchev–Trinajstić information content (AvgIpc) is 2.69. The summed E-state index contributed by atoms with van der Waals surface area (Å²) in [5, 5.41) is 0.775. The largest absolute Gasteiger partial charge is 0.296 e. The maximum Gasteiger partial charge on any atom is 0.261 e. The molecule has 29 heavy (non-hydrogen) atoms. The van der Waals surface area contributed by atoms with Gasteiger partial charge in [0, 0.05) is 25.2 Å². The maximum absolute atomic E-state index is 14.0. The summed E-state index contributed by atoms with van der Waals surface area (Å²) in [5.74, 6) is -1.97. The molecule has 4 rings (SSSR count). The molecule has 0 saturated carbocycles. The third-order valence-corrected chi connectivity index (χ3v) is 7.33. The normalized spacial score (nSPS) is 16.4. The molecule has 6 nitrogen and oxygen atoms in total. The van der Waals surface area contributed by atoms with Crippen LogP contribution in [-0.4, -0.2) is 35.4 Å². The maximum atomic E-state index is 14.0. The summed E-state index contributed by atoms with van der Waals surface area (Å²) in [6.07, 6.45) is 2.14. The monoisotopic (exact) mass is 439 g/mol. The SMILES string of the molecule is O=c1c2cccc(Cl)c2ncn1C1CCN(S(=O)(=O)c2ccc(F)cc2F)CC1. The van der Waals surface area contributed by atoms with Crippen molar-refractivity contribution in [3.63, 3.8) is 0 Å². The van der Waals surface area contributed by atoms with Crippen LogP contribution in [0.5, 0.6) is 0 Å². The summed E-state index contributed by atoms with van der Waals surface area (Å²) >= 11 is 6.08. The molecule has 1 aliphatic rings. The fourth-order valence-electron chi connectivity index (χ4n) is 3.57. The van der Waals surface area contributed by atoms with Crippen molar-refractivity contribution >= 4 is 32.5 Å². The minimum atomic E-state index is -4.09. The summed E-state index contributed by atoms with van der Waals surface area (Å²) in [4.78, 5) is 16.5. The number of benzene rings is 2. The van der Waals surface area contributed by atoms with Crippen molar-refractivity contribution in [1.82, 2.24) is 13.9 Å². The van der Waals surface area contributed by atoms with E-state index in [9.17, 15) is 22.0 Å². The molecule has 2 aromatic carbocycles. The lowest BCUT2D eigenvalue weighted by atomic mass is 10.1. The van der Waals surface area contributed by atoms with Gasteiger partial charge in [-0.1, -0.05) is 17.7 Å². The Hall–Kier alpha value is -2.36. The highest BCUT2D eigenvalue weighted by Crippen LogP contribution is 2.28. The second kappa shape index (κ2) is 7.47. The first kappa shape index (κ1) is 19.9. The number of hydrogen-bond acceptors (Lipinski definition) is 4. The zero-order chi connectivity index (χ0) is 20.8. The van der Waals surface area contributed by atoms with Gasteiger partial charge in [-0.05, 0) is 37.1 Å². The molecule has 0 amide bonds. The van der Waals surface area contributed by atoms with E-state index in [0.717, 1.165) is 16.4 Å². The van der Waals surface area contributed by atoms with Gasteiger partial charge in [0.05, 0.1) is 22.3 Å². The average molecular weight is 440 g/mol. The number of nitrogens with zero attached hydrogens (tertiary/aromatic N) is 3. The topological polar surface area (TPSA) is 72.3 Å². The lowest BCUT2D eigenvalue weighted by molar-refractivity contribution is 0.269. The quantitative estimate of drug-likeness (QED) is 0.627. The van der Waals surface area contributed by atoms with Crippen LogP contribution in [0.3, 0.4) is 0 Å². The Kier molecular flexibility index (Phi) is 5.14. The number of halogens is 3. The lowest BCUT2D eigenvalue weighted by Gasteiger charge is -2.32. The molecule has 2 heterocycles. The molecule has 1 fully saturated rings. The van der Waals surface area contributed by atoms with Crippen molar-refractivity contribution in [3.05, 3.63) is 69.7 Å². The standard InChI is InChI=1S/C19H16ClF2N3O3S/c20-15-3-1-2-14-18(15)23-11-25(19(14)26)13-6-8-24(9-7-13)29(27,28)17-5-4-12(21)10-16(17)22/h1-5,10-11,13H,6-9H2. The Balaban J connectivity index is 1.58. The molecule has 3 aromatic rings. The minimum Gasteiger partial charge on any atom is -0.296 e. The number of hydrogen-bond donors (Lipinski definition) is 0. The minimum absolute atomic E-state index is 0.101. The van der Waals surface area contributed by atoms with Crippen LogP contribution < -0.4 is 5.56 Å². The van der Waals surface area contributed by atoms with Gasteiger partial charge < -0.3 is 0 Å². The Bertz CT molecular complexity index is 1260. The van der Waals surface area contributed by atoms with E-state index in [2.05, 4.69) is 4.98 Å². The van der Waals surface area contributed by atoms with Gasteiger partial charge in [-0.25, -0.2) is 22.2 Å². The molecular formula is C19H16ClF2N3O3S. The predicted octanol–water partition coefficient (Wildman–Crippen LogP) is 3.35. The molecule has 0 aliphatic carbocycles. The van der Waals surface area contributed by atoms with Crippen LogP contribution in [-0.2, 0) is 10.0 Å². The molecule has 1 saturated heterocycles. The second-order valence-electron chi connectivity index (χ2n) is 6.80. The molecule has 10 heteroatoms. The molecule has 0 N–H and O–H groups in total. The van der Waals surface area contributed by atoms with Gasteiger partial charge in [0.1, 0.15) is 16.5 Å². The molecule has 0 bridgehead atoms. The highest BCUT2D eigenvalue weighted by molar-refractivity contribution is 7.89. The molecule has 0 spiro atoms. The van der Waals surface area contributed by atoms with E-state index in [1.807, 2.05) is 0 Å². The van der Waals surface area contributed by atoms with E-state index in [-0.39, 0.29) is 24.7 Å². The fraction of sp³-hybridized carbons (Fsp3) is 0.263. The molecule has 0 atom stereocenters. The Labute approximate surface area is 170 Å². The van der Waals surface area contributed by atoms with Crippen LogP contribution in [0.2, 0.25) is 5.02 Å². The first-order valence-electron chi connectivity index (χ1n) is 8.89. The summed E-state index contributed by atoms with van der Waals surface area (Å²) in [5.41, 5.74) is 0.172. The Morgan fingerprint density at radius 3 is 2.52 bits per heavy atom. The summed E-state index contributed by atoms with van der Waals surface area (Å²) < 4.78 is 55.1. The smallest absolute Gasteiger partial charge is 0.261 e. The van der Waals surface area contributed by atoms with Crippen LogP contribution in [0, 0.1) is 11.6 Å². The predicted molar refractivity (Wildman–Crippen MR) is 104 cm³/mol. The van der Waals surface area contributed by atoms with Crippen LogP contribution in [0.4, 0.5) is 8.78 Å². The lowest BCUT2D eigenvalue weighted by Crippen LogP contribution is -2.41. The van der Waals surface area contributed by atoms with Crippen LogP contribution in [0.15, 0.2) is 52.4 Å². The van der Waals surface area contributed by atoms with Gasteiger partial charge in [0.15, 0.2) is 0 Å². The van der Waals surface area contributed by atoms with Crippen LogP contribution >= 0.6 is 11.6 Å². The zero-order valence-corrected chi connectivity index (χ0v) is 16.6. The number of rotatable bonds is 3.